The van der Waals surface area contributed by atoms with Crippen molar-refractivity contribution in [3.05, 3.63) is 48.0 Å². The SMILES string of the molecule is CCn1c2ccccc2c2cc(CN3CCN(C(=O)CCC4CCCC4)CC3)ccc21.O=C(O)C(=O)O. The van der Waals surface area contributed by atoms with E-state index in [-0.39, 0.29) is 0 Å². The Balaban J connectivity index is 0.000000480. The summed E-state index contributed by atoms with van der Waals surface area (Å²) in [5, 5.41) is 17.5. The quantitative estimate of drug-likeness (QED) is 0.473. The smallest absolute Gasteiger partial charge is 0.414 e. The first-order chi connectivity index (χ1) is 17.9. The summed E-state index contributed by atoms with van der Waals surface area (Å²) in [6.07, 6.45) is 7.25. The lowest BCUT2D eigenvalue weighted by molar-refractivity contribution is -0.159. The molecule has 1 amide bonds. The Morgan fingerprint density at radius 3 is 2.16 bits per heavy atom. The Kier molecular flexibility index (Phi) is 8.82. The van der Waals surface area contributed by atoms with E-state index in [9.17, 15) is 4.79 Å². The molecule has 0 bridgehead atoms. The maximum atomic E-state index is 12.6. The van der Waals surface area contributed by atoms with Gasteiger partial charge in [-0.05, 0) is 43.0 Å². The number of aliphatic carboxylic acids is 2. The van der Waals surface area contributed by atoms with Gasteiger partial charge in [-0.1, -0.05) is 49.9 Å². The third kappa shape index (κ3) is 6.49. The van der Waals surface area contributed by atoms with Gasteiger partial charge in [0.1, 0.15) is 0 Å². The lowest BCUT2D eigenvalue weighted by Gasteiger charge is -2.35. The van der Waals surface area contributed by atoms with E-state index >= 15 is 0 Å². The molecular weight excluding hydrogens is 470 g/mol. The highest BCUT2D eigenvalue weighted by Crippen LogP contribution is 2.30. The number of benzene rings is 2. The van der Waals surface area contributed by atoms with Gasteiger partial charge < -0.3 is 19.7 Å². The average molecular weight is 508 g/mol. The fraction of sp³-hybridized carbons (Fsp3) is 0.483. The molecule has 37 heavy (non-hydrogen) atoms. The van der Waals surface area contributed by atoms with Gasteiger partial charge in [0.2, 0.25) is 5.91 Å². The van der Waals surface area contributed by atoms with E-state index < -0.39 is 11.9 Å². The average Bonchev–Trinajstić information content (AvgIpc) is 3.54. The van der Waals surface area contributed by atoms with Crippen LogP contribution in [0.25, 0.3) is 21.8 Å². The van der Waals surface area contributed by atoms with Crippen molar-refractivity contribution in [2.45, 2.75) is 58.5 Å². The zero-order valence-electron chi connectivity index (χ0n) is 21.6. The van der Waals surface area contributed by atoms with Crippen LogP contribution in [-0.4, -0.2) is 68.6 Å². The first-order valence-electron chi connectivity index (χ1n) is 13.3. The van der Waals surface area contributed by atoms with Crippen molar-refractivity contribution in [1.29, 1.82) is 0 Å². The van der Waals surface area contributed by atoms with Crippen LogP contribution < -0.4 is 0 Å². The number of para-hydroxylation sites is 1. The number of aromatic nitrogens is 1. The van der Waals surface area contributed by atoms with Crippen LogP contribution in [0.3, 0.4) is 0 Å². The van der Waals surface area contributed by atoms with Crippen LogP contribution in [0.2, 0.25) is 0 Å². The molecule has 3 aromatic rings. The van der Waals surface area contributed by atoms with Gasteiger partial charge in [0.25, 0.3) is 0 Å². The zero-order valence-corrected chi connectivity index (χ0v) is 21.6. The minimum absolute atomic E-state index is 0.375. The molecule has 1 saturated heterocycles. The summed E-state index contributed by atoms with van der Waals surface area (Å²) >= 11 is 0. The highest BCUT2D eigenvalue weighted by molar-refractivity contribution is 6.27. The number of carbonyl (C=O) groups is 3. The van der Waals surface area contributed by atoms with Crippen LogP contribution in [-0.2, 0) is 27.5 Å². The second kappa shape index (κ2) is 12.2. The van der Waals surface area contributed by atoms with Gasteiger partial charge in [0, 0.05) is 67.5 Å². The van der Waals surface area contributed by atoms with Crippen molar-refractivity contribution in [3.8, 4) is 0 Å². The maximum absolute atomic E-state index is 12.6. The molecule has 1 saturated carbocycles. The van der Waals surface area contributed by atoms with Gasteiger partial charge in [-0.2, -0.15) is 0 Å². The number of aryl methyl sites for hydroxylation is 1. The van der Waals surface area contributed by atoms with Gasteiger partial charge in [0.05, 0.1) is 0 Å². The number of rotatable bonds is 6. The number of fused-ring (bicyclic) bond motifs is 3. The van der Waals surface area contributed by atoms with Gasteiger partial charge in [-0.25, -0.2) is 9.59 Å². The number of piperazine rings is 1. The van der Waals surface area contributed by atoms with E-state index in [0.717, 1.165) is 58.0 Å². The van der Waals surface area contributed by atoms with Gasteiger partial charge in [-0.15, -0.1) is 0 Å². The van der Waals surface area contributed by atoms with E-state index in [1.807, 2.05) is 0 Å². The standard InChI is InChI=1S/C27H35N3O.C2H2O4/c1-2-30-25-10-6-5-9-23(25)24-19-22(11-13-26(24)30)20-28-15-17-29(18-16-28)27(31)14-12-21-7-3-4-8-21;3-1(4)2(5)6/h5-6,9-11,13,19,21H,2-4,7-8,12,14-18,20H2,1H3;(H,3,4)(H,5,6). The monoisotopic (exact) mass is 507 g/mol. The fourth-order valence-electron chi connectivity index (χ4n) is 5.74. The second-order valence-electron chi connectivity index (χ2n) is 10.1. The molecule has 2 fully saturated rings. The summed E-state index contributed by atoms with van der Waals surface area (Å²) in [6.45, 7) is 7.87. The van der Waals surface area contributed by atoms with Crippen molar-refractivity contribution in [2.75, 3.05) is 26.2 Å². The summed E-state index contributed by atoms with van der Waals surface area (Å²) in [5.74, 6) is -2.47. The van der Waals surface area contributed by atoms with Crippen molar-refractivity contribution in [3.63, 3.8) is 0 Å². The van der Waals surface area contributed by atoms with Crippen LogP contribution in [0.15, 0.2) is 42.5 Å². The van der Waals surface area contributed by atoms with E-state index in [4.69, 9.17) is 19.8 Å². The Hall–Kier alpha value is -3.39. The molecule has 1 aliphatic heterocycles. The lowest BCUT2D eigenvalue weighted by atomic mass is 10.0. The summed E-state index contributed by atoms with van der Waals surface area (Å²) < 4.78 is 2.41. The molecule has 0 radical (unpaired) electrons. The molecule has 1 aromatic heterocycles. The predicted octanol–water partition coefficient (Wildman–Crippen LogP) is 4.58. The van der Waals surface area contributed by atoms with Crippen LogP contribution in [0, 0.1) is 5.92 Å². The number of carboxylic acid groups (broad SMARTS) is 2. The van der Waals surface area contributed by atoms with Crippen molar-refractivity contribution >= 4 is 39.7 Å². The predicted molar refractivity (Wildman–Crippen MR) is 143 cm³/mol. The summed E-state index contributed by atoms with van der Waals surface area (Å²) in [6, 6.07) is 15.7. The third-order valence-electron chi connectivity index (χ3n) is 7.71. The fourth-order valence-corrected chi connectivity index (χ4v) is 5.74. The molecular formula is C29H37N3O5. The van der Waals surface area contributed by atoms with E-state index in [1.165, 1.54) is 53.1 Å². The largest absolute Gasteiger partial charge is 0.473 e. The molecule has 8 nitrogen and oxygen atoms in total. The summed E-state index contributed by atoms with van der Waals surface area (Å²) in [7, 11) is 0. The summed E-state index contributed by atoms with van der Waals surface area (Å²) in [5.41, 5.74) is 4.01. The number of carbonyl (C=O) groups excluding carboxylic acids is 1. The third-order valence-corrected chi connectivity index (χ3v) is 7.71. The molecule has 0 unspecified atom stereocenters. The molecule has 8 heteroatoms. The van der Waals surface area contributed by atoms with Crippen LogP contribution in [0.1, 0.15) is 51.0 Å². The minimum atomic E-state index is -1.82. The van der Waals surface area contributed by atoms with E-state index in [0.29, 0.717) is 5.91 Å². The molecule has 198 valence electrons. The Bertz CT molecular complexity index is 1240. The number of nitrogens with zero attached hydrogens (tertiary/aromatic N) is 3. The number of amides is 1. The molecule has 2 heterocycles. The molecule has 2 N–H and O–H groups in total. The Morgan fingerprint density at radius 2 is 1.51 bits per heavy atom. The second-order valence-corrected chi connectivity index (χ2v) is 10.1. The number of hydrogen-bond donors (Lipinski definition) is 2. The van der Waals surface area contributed by atoms with Crippen LogP contribution >= 0.6 is 0 Å². The maximum Gasteiger partial charge on any atom is 0.414 e. The first kappa shape index (κ1) is 26.7. The molecule has 2 aliphatic rings. The summed E-state index contributed by atoms with van der Waals surface area (Å²) in [4.78, 5) is 35.4. The van der Waals surface area contributed by atoms with Crippen LogP contribution in [0.4, 0.5) is 0 Å². The molecule has 2 aromatic carbocycles. The van der Waals surface area contributed by atoms with Gasteiger partial charge in [0.15, 0.2) is 0 Å². The van der Waals surface area contributed by atoms with Gasteiger partial charge in [-0.3, -0.25) is 9.69 Å². The van der Waals surface area contributed by atoms with E-state index in [1.54, 1.807) is 0 Å². The number of carboxylic acids is 2. The highest BCUT2D eigenvalue weighted by atomic mass is 16.4. The highest BCUT2D eigenvalue weighted by Gasteiger charge is 2.23. The minimum Gasteiger partial charge on any atom is -0.473 e. The molecule has 0 spiro atoms. The van der Waals surface area contributed by atoms with Gasteiger partial charge >= 0.3 is 11.9 Å². The van der Waals surface area contributed by atoms with Crippen molar-refractivity contribution in [1.82, 2.24) is 14.4 Å². The van der Waals surface area contributed by atoms with E-state index in [2.05, 4.69) is 63.8 Å². The van der Waals surface area contributed by atoms with Crippen molar-refractivity contribution in [2.24, 2.45) is 5.92 Å². The van der Waals surface area contributed by atoms with Crippen LogP contribution in [0.5, 0.6) is 0 Å². The topological polar surface area (TPSA) is 103 Å². The number of hydrogen-bond acceptors (Lipinski definition) is 4. The Labute approximate surface area is 217 Å². The molecule has 5 rings (SSSR count). The van der Waals surface area contributed by atoms with Crippen molar-refractivity contribution < 1.29 is 24.6 Å². The first-order valence-corrected chi connectivity index (χ1v) is 13.3. The molecule has 1 aliphatic carbocycles. The Morgan fingerprint density at radius 1 is 0.865 bits per heavy atom. The molecule has 0 atom stereocenters. The normalized spacial score (nSPS) is 16.6. The lowest BCUT2D eigenvalue weighted by Crippen LogP contribution is -2.48. The zero-order chi connectivity index (χ0) is 26.4.